The topological polar surface area (TPSA) is 61.4 Å². The van der Waals surface area contributed by atoms with Crippen LogP contribution in [0.5, 0.6) is 0 Å². The molecule has 0 radical (unpaired) electrons. The summed E-state index contributed by atoms with van der Waals surface area (Å²) < 4.78 is 26.0. The molecule has 2 rings (SSSR count). The molecule has 0 aromatic heterocycles. The first kappa shape index (κ1) is 14.3. The Bertz CT molecular complexity index is 557. The minimum absolute atomic E-state index is 0.300. The fourth-order valence-corrected chi connectivity index (χ4v) is 3.07. The molecule has 1 aliphatic rings. The molecule has 1 aliphatic heterocycles. The highest BCUT2D eigenvalue weighted by molar-refractivity contribution is 7.89. The number of aryl methyl sites for hydroxylation is 1. The third-order valence-electron chi connectivity index (χ3n) is 3.54. The van der Waals surface area contributed by atoms with Gasteiger partial charge in [-0.05, 0) is 51.7 Å². The van der Waals surface area contributed by atoms with Gasteiger partial charge in [-0.15, -0.1) is 0 Å². The van der Waals surface area contributed by atoms with E-state index in [9.17, 15) is 8.42 Å². The van der Waals surface area contributed by atoms with Crippen molar-refractivity contribution in [2.45, 2.75) is 24.3 Å². The predicted molar refractivity (Wildman–Crippen MR) is 76.9 cm³/mol. The maximum absolute atomic E-state index is 11.8. The molecule has 1 atom stereocenters. The summed E-state index contributed by atoms with van der Waals surface area (Å²) in [6.45, 7) is 4.05. The van der Waals surface area contributed by atoms with E-state index in [1.165, 1.54) is 7.05 Å². The predicted octanol–water partition coefficient (Wildman–Crippen LogP) is 1.02. The van der Waals surface area contributed by atoms with Crippen LogP contribution in [0.25, 0.3) is 0 Å². The first-order chi connectivity index (χ1) is 8.92. The maximum atomic E-state index is 11.8. The lowest BCUT2D eigenvalue weighted by atomic mass is 10.1. The van der Waals surface area contributed by atoms with E-state index in [-0.39, 0.29) is 0 Å². The molecule has 0 bridgehead atoms. The van der Waals surface area contributed by atoms with E-state index in [0.29, 0.717) is 10.9 Å². The standard InChI is InChI=1S/C13H21N3O2S/c1-10-4-5-12(19(17,18)14-2)8-13(10)15-11-6-7-16(3)9-11/h4-5,8,11,14-15H,6-7,9H2,1-3H3. The SMILES string of the molecule is CNS(=O)(=O)c1ccc(C)c(NC2CCN(C)C2)c1. The van der Waals surface area contributed by atoms with E-state index in [1.54, 1.807) is 12.1 Å². The van der Waals surface area contributed by atoms with E-state index in [0.717, 1.165) is 30.8 Å². The molecule has 1 heterocycles. The van der Waals surface area contributed by atoms with Gasteiger partial charge in [0.25, 0.3) is 0 Å². The number of hydrogen-bond donors (Lipinski definition) is 2. The van der Waals surface area contributed by atoms with Crippen LogP contribution in [0.15, 0.2) is 23.1 Å². The highest BCUT2D eigenvalue weighted by atomic mass is 32.2. The van der Waals surface area contributed by atoms with Gasteiger partial charge in [-0.25, -0.2) is 13.1 Å². The molecule has 1 aromatic rings. The Hall–Kier alpha value is -1.11. The third kappa shape index (κ3) is 3.26. The van der Waals surface area contributed by atoms with Gasteiger partial charge in [0.2, 0.25) is 10.0 Å². The Morgan fingerprint density at radius 2 is 2.11 bits per heavy atom. The summed E-state index contributed by atoms with van der Waals surface area (Å²) in [4.78, 5) is 2.57. The molecule has 1 unspecified atom stereocenters. The van der Waals surface area contributed by atoms with Crippen molar-refractivity contribution in [1.29, 1.82) is 0 Å². The summed E-state index contributed by atoms with van der Waals surface area (Å²) in [6, 6.07) is 5.56. The maximum Gasteiger partial charge on any atom is 0.240 e. The highest BCUT2D eigenvalue weighted by Crippen LogP contribution is 2.22. The first-order valence-electron chi connectivity index (χ1n) is 6.41. The molecule has 106 valence electrons. The number of likely N-dealkylation sites (tertiary alicyclic amines) is 1. The largest absolute Gasteiger partial charge is 0.381 e. The fourth-order valence-electron chi connectivity index (χ4n) is 2.31. The van der Waals surface area contributed by atoms with Crippen molar-refractivity contribution in [2.24, 2.45) is 0 Å². The van der Waals surface area contributed by atoms with Crippen LogP contribution in [0.4, 0.5) is 5.69 Å². The Balaban J connectivity index is 2.23. The van der Waals surface area contributed by atoms with Crippen LogP contribution in [0.1, 0.15) is 12.0 Å². The van der Waals surface area contributed by atoms with Gasteiger partial charge < -0.3 is 10.2 Å². The quantitative estimate of drug-likeness (QED) is 0.866. The minimum Gasteiger partial charge on any atom is -0.381 e. The summed E-state index contributed by atoms with van der Waals surface area (Å²) in [5.41, 5.74) is 1.96. The molecule has 1 fully saturated rings. The van der Waals surface area contributed by atoms with E-state index >= 15 is 0 Å². The van der Waals surface area contributed by atoms with E-state index in [1.807, 2.05) is 13.0 Å². The van der Waals surface area contributed by atoms with Crippen molar-refractivity contribution in [1.82, 2.24) is 9.62 Å². The van der Waals surface area contributed by atoms with Gasteiger partial charge >= 0.3 is 0 Å². The lowest BCUT2D eigenvalue weighted by Crippen LogP contribution is -2.24. The van der Waals surface area contributed by atoms with Crippen LogP contribution in [0.3, 0.4) is 0 Å². The lowest BCUT2D eigenvalue weighted by Gasteiger charge is -2.17. The Labute approximate surface area is 115 Å². The van der Waals surface area contributed by atoms with Gasteiger partial charge in [0, 0.05) is 18.3 Å². The normalized spacial score (nSPS) is 20.7. The van der Waals surface area contributed by atoms with Crippen LogP contribution in [-0.4, -0.2) is 46.5 Å². The number of hydrogen-bond acceptors (Lipinski definition) is 4. The van der Waals surface area contributed by atoms with Crippen LogP contribution in [0, 0.1) is 6.92 Å². The van der Waals surface area contributed by atoms with Gasteiger partial charge in [-0.1, -0.05) is 6.07 Å². The van der Waals surface area contributed by atoms with Crippen molar-refractivity contribution in [3.05, 3.63) is 23.8 Å². The Morgan fingerprint density at radius 3 is 2.68 bits per heavy atom. The fraction of sp³-hybridized carbons (Fsp3) is 0.538. The zero-order valence-electron chi connectivity index (χ0n) is 11.6. The molecule has 6 heteroatoms. The van der Waals surface area contributed by atoms with E-state index in [2.05, 4.69) is 22.0 Å². The van der Waals surface area contributed by atoms with Crippen molar-refractivity contribution in [3.8, 4) is 0 Å². The van der Waals surface area contributed by atoms with Gasteiger partial charge in [0.05, 0.1) is 4.90 Å². The molecule has 2 N–H and O–H groups in total. The van der Waals surface area contributed by atoms with Crippen LogP contribution in [0.2, 0.25) is 0 Å². The summed E-state index contributed by atoms with van der Waals surface area (Å²) in [5.74, 6) is 0. The number of sulfonamides is 1. The Morgan fingerprint density at radius 1 is 1.37 bits per heavy atom. The lowest BCUT2D eigenvalue weighted by molar-refractivity contribution is 0.414. The monoisotopic (exact) mass is 283 g/mol. The highest BCUT2D eigenvalue weighted by Gasteiger charge is 2.20. The summed E-state index contributed by atoms with van der Waals surface area (Å²) >= 11 is 0. The third-order valence-corrected chi connectivity index (χ3v) is 4.95. The molecule has 5 nitrogen and oxygen atoms in total. The zero-order chi connectivity index (χ0) is 14.0. The molecular formula is C13H21N3O2S. The van der Waals surface area contributed by atoms with Gasteiger partial charge in [-0.2, -0.15) is 0 Å². The number of nitrogens with zero attached hydrogens (tertiary/aromatic N) is 1. The average molecular weight is 283 g/mol. The second-order valence-electron chi connectivity index (χ2n) is 5.08. The number of likely N-dealkylation sites (N-methyl/N-ethyl adjacent to an activating group) is 1. The molecule has 1 aromatic carbocycles. The molecule has 19 heavy (non-hydrogen) atoms. The van der Waals surface area contributed by atoms with Crippen molar-refractivity contribution < 1.29 is 8.42 Å². The molecular weight excluding hydrogens is 262 g/mol. The van der Waals surface area contributed by atoms with E-state index in [4.69, 9.17) is 0 Å². The van der Waals surface area contributed by atoms with Crippen LogP contribution < -0.4 is 10.0 Å². The number of anilines is 1. The minimum atomic E-state index is -3.38. The summed E-state index contributed by atoms with van der Waals surface area (Å²) in [6.07, 6.45) is 1.08. The first-order valence-corrected chi connectivity index (χ1v) is 7.90. The number of benzene rings is 1. The average Bonchev–Trinajstić information content (AvgIpc) is 2.77. The van der Waals surface area contributed by atoms with Crippen LogP contribution in [-0.2, 0) is 10.0 Å². The number of rotatable bonds is 4. The second kappa shape index (κ2) is 5.48. The van der Waals surface area contributed by atoms with Crippen LogP contribution >= 0.6 is 0 Å². The molecule has 0 amide bonds. The molecule has 1 saturated heterocycles. The molecule has 0 spiro atoms. The zero-order valence-corrected chi connectivity index (χ0v) is 12.4. The van der Waals surface area contributed by atoms with Gasteiger partial charge in [-0.3, -0.25) is 0 Å². The van der Waals surface area contributed by atoms with Crippen molar-refractivity contribution >= 4 is 15.7 Å². The Kier molecular flexibility index (Phi) is 4.13. The number of nitrogens with one attached hydrogen (secondary N) is 2. The second-order valence-corrected chi connectivity index (χ2v) is 6.96. The smallest absolute Gasteiger partial charge is 0.240 e. The van der Waals surface area contributed by atoms with E-state index < -0.39 is 10.0 Å². The van der Waals surface area contributed by atoms with Gasteiger partial charge in [0.1, 0.15) is 0 Å². The van der Waals surface area contributed by atoms with Crippen molar-refractivity contribution in [3.63, 3.8) is 0 Å². The molecule has 0 aliphatic carbocycles. The summed E-state index contributed by atoms with van der Waals surface area (Å²) in [7, 11) is 0.136. The van der Waals surface area contributed by atoms with Gasteiger partial charge in [0.15, 0.2) is 0 Å². The van der Waals surface area contributed by atoms with Crippen molar-refractivity contribution in [2.75, 3.05) is 32.5 Å². The molecule has 0 saturated carbocycles. The summed E-state index contributed by atoms with van der Waals surface area (Å²) in [5, 5.41) is 3.44.